The van der Waals surface area contributed by atoms with Crippen LogP contribution in [0.3, 0.4) is 0 Å². The Bertz CT molecular complexity index is 625. The molecule has 0 aliphatic carbocycles. The molecule has 1 unspecified atom stereocenters. The van der Waals surface area contributed by atoms with Crippen LogP contribution >= 0.6 is 0 Å². The van der Waals surface area contributed by atoms with Gasteiger partial charge >= 0.3 is 0 Å². The first kappa shape index (κ1) is 11.7. The van der Waals surface area contributed by atoms with Crippen LogP contribution in [0.5, 0.6) is 0 Å². The van der Waals surface area contributed by atoms with Gasteiger partial charge in [0, 0.05) is 6.20 Å². The van der Waals surface area contributed by atoms with Crippen molar-refractivity contribution in [3.8, 4) is 0 Å². The molecule has 0 fully saturated rings. The number of pyridine rings is 1. The molecule has 0 saturated heterocycles. The summed E-state index contributed by atoms with van der Waals surface area (Å²) in [5, 5.41) is 0. The normalized spacial score (nSPS) is 17.6. The van der Waals surface area contributed by atoms with Gasteiger partial charge in [-0.2, -0.15) is 0 Å². The summed E-state index contributed by atoms with van der Waals surface area (Å²) in [6.45, 7) is 2.38. The van der Waals surface area contributed by atoms with E-state index in [2.05, 4.69) is 4.98 Å². The molecule has 3 rings (SSSR count). The van der Waals surface area contributed by atoms with E-state index in [4.69, 9.17) is 5.73 Å². The van der Waals surface area contributed by atoms with Crippen LogP contribution in [-0.2, 0) is 11.3 Å². The highest BCUT2D eigenvalue weighted by Crippen LogP contribution is 2.41. The van der Waals surface area contributed by atoms with Crippen molar-refractivity contribution in [1.82, 2.24) is 4.98 Å². The van der Waals surface area contributed by atoms with Crippen LogP contribution in [0, 0.1) is 0 Å². The summed E-state index contributed by atoms with van der Waals surface area (Å²) < 4.78 is 0. The second kappa shape index (κ2) is 4.39. The van der Waals surface area contributed by atoms with Crippen molar-refractivity contribution in [2.45, 2.75) is 19.4 Å². The zero-order chi connectivity index (χ0) is 13.4. The molecule has 0 saturated carbocycles. The second-order valence-corrected chi connectivity index (χ2v) is 4.75. The van der Waals surface area contributed by atoms with Crippen LogP contribution in [0.25, 0.3) is 0 Å². The van der Waals surface area contributed by atoms with E-state index in [9.17, 15) is 4.79 Å². The number of anilines is 2. The standard InChI is InChI=1S/C15H15N3O/c1-10-12-6-4-7-13(16)14(12)18(15(10)19)9-11-5-2-3-8-17-11/h2-8,10H,9,16H2,1H3. The molecule has 1 aromatic carbocycles. The summed E-state index contributed by atoms with van der Waals surface area (Å²) in [4.78, 5) is 18.4. The first-order chi connectivity index (χ1) is 9.18. The minimum Gasteiger partial charge on any atom is -0.397 e. The molecule has 1 aromatic heterocycles. The van der Waals surface area contributed by atoms with Crippen LogP contribution in [0.15, 0.2) is 42.6 Å². The summed E-state index contributed by atoms with van der Waals surface area (Å²) in [5.74, 6) is -0.0548. The number of carbonyl (C=O) groups is 1. The molecule has 2 aromatic rings. The summed E-state index contributed by atoms with van der Waals surface area (Å²) >= 11 is 0. The molecule has 1 amide bonds. The molecule has 19 heavy (non-hydrogen) atoms. The first-order valence-electron chi connectivity index (χ1n) is 6.28. The van der Waals surface area contributed by atoms with Gasteiger partial charge in [-0.3, -0.25) is 9.78 Å². The molecule has 0 spiro atoms. The smallest absolute Gasteiger partial charge is 0.234 e. The van der Waals surface area contributed by atoms with E-state index in [1.54, 1.807) is 11.1 Å². The van der Waals surface area contributed by atoms with Crippen molar-refractivity contribution in [3.05, 3.63) is 53.9 Å². The highest BCUT2D eigenvalue weighted by Gasteiger charge is 2.35. The second-order valence-electron chi connectivity index (χ2n) is 4.75. The maximum atomic E-state index is 12.4. The Hall–Kier alpha value is -2.36. The number of hydrogen-bond donors (Lipinski definition) is 1. The zero-order valence-electron chi connectivity index (χ0n) is 10.7. The Labute approximate surface area is 111 Å². The Morgan fingerprint density at radius 3 is 2.84 bits per heavy atom. The van der Waals surface area contributed by atoms with Crippen molar-refractivity contribution in [3.63, 3.8) is 0 Å². The van der Waals surface area contributed by atoms with Gasteiger partial charge < -0.3 is 10.6 Å². The SMILES string of the molecule is CC1C(=O)N(Cc2ccccn2)c2c(N)cccc21. The molecule has 0 radical (unpaired) electrons. The van der Waals surface area contributed by atoms with Gasteiger partial charge in [0.15, 0.2) is 0 Å². The van der Waals surface area contributed by atoms with E-state index < -0.39 is 0 Å². The molecular formula is C15H15N3O. The summed E-state index contributed by atoms with van der Waals surface area (Å²) in [6, 6.07) is 11.4. The van der Waals surface area contributed by atoms with Gasteiger partial charge in [-0.25, -0.2) is 0 Å². The molecular weight excluding hydrogens is 238 g/mol. The Morgan fingerprint density at radius 2 is 2.11 bits per heavy atom. The summed E-state index contributed by atoms with van der Waals surface area (Å²) in [6.07, 6.45) is 1.73. The van der Waals surface area contributed by atoms with E-state index in [1.807, 2.05) is 43.3 Å². The molecule has 2 heterocycles. The van der Waals surface area contributed by atoms with Crippen molar-refractivity contribution in [2.75, 3.05) is 10.6 Å². The number of amides is 1. The van der Waals surface area contributed by atoms with Gasteiger partial charge in [-0.05, 0) is 30.7 Å². The lowest BCUT2D eigenvalue weighted by Gasteiger charge is -2.18. The monoisotopic (exact) mass is 253 g/mol. The van der Waals surface area contributed by atoms with E-state index in [0.29, 0.717) is 12.2 Å². The minimum atomic E-state index is -0.137. The number of nitrogens with zero attached hydrogens (tertiary/aromatic N) is 2. The zero-order valence-corrected chi connectivity index (χ0v) is 10.7. The number of carbonyl (C=O) groups excluding carboxylic acids is 1. The third kappa shape index (κ3) is 1.85. The van der Waals surface area contributed by atoms with E-state index in [0.717, 1.165) is 16.9 Å². The maximum absolute atomic E-state index is 12.4. The number of hydrogen-bond acceptors (Lipinski definition) is 3. The maximum Gasteiger partial charge on any atom is 0.234 e. The lowest BCUT2D eigenvalue weighted by atomic mass is 10.0. The predicted molar refractivity (Wildman–Crippen MR) is 74.7 cm³/mol. The highest BCUT2D eigenvalue weighted by molar-refractivity contribution is 6.07. The minimum absolute atomic E-state index is 0.0820. The fourth-order valence-corrected chi connectivity index (χ4v) is 2.53. The molecule has 4 heteroatoms. The van der Waals surface area contributed by atoms with Crippen molar-refractivity contribution >= 4 is 17.3 Å². The van der Waals surface area contributed by atoms with Gasteiger partial charge in [0.1, 0.15) is 0 Å². The van der Waals surface area contributed by atoms with Gasteiger partial charge in [0.25, 0.3) is 0 Å². The highest BCUT2D eigenvalue weighted by atomic mass is 16.2. The Morgan fingerprint density at radius 1 is 1.26 bits per heavy atom. The molecule has 4 nitrogen and oxygen atoms in total. The molecule has 0 bridgehead atoms. The van der Waals surface area contributed by atoms with E-state index in [1.165, 1.54) is 0 Å². The number of nitrogen functional groups attached to an aromatic ring is 1. The van der Waals surface area contributed by atoms with Gasteiger partial charge in [-0.1, -0.05) is 18.2 Å². The molecule has 1 aliphatic rings. The summed E-state index contributed by atoms with van der Waals surface area (Å²) in [7, 11) is 0. The number of para-hydroxylation sites is 1. The number of nitrogens with two attached hydrogens (primary N) is 1. The number of rotatable bonds is 2. The quantitative estimate of drug-likeness (QED) is 0.835. The fourth-order valence-electron chi connectivity index (χ4n) is 2.53. The number of benzene rings is 1. The molecule has 96 valence electrons. The van der Waals surface area contributed by atoms with Crippen LogP contribution in [0.2, 0.25) is 0 Å². The van der Waals surface area contributed by atoms with Crippen LogP contribution in [-0.4, -0.2) is 10.9 Å². The largest absolute Gasteiger partial charge is 0.397 e. The lowest BCUT2D eigenvalue weighted by Crippen LogP contribution is -2.28. The molecule has 1 aliphatic heterocycles. The topological polar surface area (TPSA) is 59.2 Å². The van der Waals surface area contributed by atoms with Crippen LogP contribution in [0.4, 0.5) is 11.4 Å². The van der Waals surface area contributed by atoms with E-state index in [-0.39, 0.29) is 11.8 Å². The fraction of sp³-hybridized carbons (Fsp3) is 0.200. The van der Waals surface area contributed by atoms with Crippen LogP contribution in [0.1, 0.15) is 24.1 Å². The Kier molecular flexibility index (Phi) is 2.71. The number of fused-ring (bicyclic) bond motifs is 1. The molecule has 2 N–H and O–H groups in total. The average Bonchev–Trinajstić information content (AvgIpc) is 2.67. The average molecular weight is 253 g/mol. The van der Waals surface area contributed by atoms with Crippen molar-refractivity contribution in [1.29, 1.82) is 0 Å². The third-order valence-corrected chi connectivity index (χ3v) is 3.52. The first-order valence-corrected chi connectivity index (χ1v) is 6.28. The summed E-state index contributed by atoms with van der Waals surface area (Å²) in [5.41, 5.74) is 9.37. The van der Waals surface area contributed by atoms with Gasteiger partial charge in [0.2, 0.25) is 5.91 Å². The van der Waals surface area contributed by atoms with Gasteiger partial charge in [0.05, 0.1) is 29.5 Å². The van der Waals surface area contributed by atoms with E-state index >= 15 is 0 Å². The van der Waals surface area contributed by atoms with Crippen LogP contribution < -0.4 is 10.6 Å². The Balaban J connectivity index is 2.02. The van der Waals surface area contributed by atoms with Gasteiger partial charge in [-0.15, -0.1) is 0 Å². The predicted octanol–water partition coefficient (Wildman–Crippen LogP) is 2.31. The third-order valence-electron chi connectivity index (χ3n) is 3.52. The number of aromatic nitrogens is 1. The van der Waals surface area contributed by atoms with Crippen molar-refractivity contribution < 1.29 is 4.79 Å². The van der Waals surface area contributed by atoms with Crippen molar-refractivity contribution in [2.24, 2.45) is 0 Å². The lowest BCUT2D eigenvalue weighted by molar-refractivity contribution is -0.119. The molecule has 1 atom stereocenters.